The van der Waals surface area contributed by atoms with Crippen molar-refractivity contribution in [3.05, 3.63) is 42.0 Å². The summed E-state index contributed by atoms with van der Waals surface area (Å²) in [7, 11) is -4.17. The van der Waals surface area contributed by atoms with Gasteiger partial charge in [-0.3, -0.25) is 0 Å². The molecular formula is C21H23F2N5O2S2. The minimum Gasteiger partial charge on any atom is -0.356 e. The van der Waals surface area contributed by atoms with E-state index >= 15 is 0 Å². The van der Waals surface area contributed by atoms with Crippen LogP contribution in [0.15, 0.2) is 40.4 Å². The van der Waals surface area contributed by atoms with E-state index < -0.39 is 41.4 Å². The maximum absolute atomic E-state index is 12.8. The van der Waals surface area contributed by atoms with Crippen molar-refractivity contribution in [1.29, 1.82) is 5.26 Å². The summed E-state index contributed by atoms with van der Waals surface area (Å²) >= 11 is 1.63. The van der Waals surface area contributed by atoms with Crippen molar-refractivity contribution in [3.8, 4) is 6.07 Å². The predicted octanol–water partition coefficient (Wildman–Crippen LogP) is 3.51. The van der Waals surface area contributed by atoms with Crippen LogP contribution in [0.4, 0.5) is 14.5 Å². The summed E-state index contributed by atoms with van der Waals surface area (Å²) in [5, 5.41) is 9.98. The maximum Gasteiger partial charge on any atom is 0.244 e. The summed E-state index contributed by atoms with van der Waals surface area (Å²) in [6.07, 6.45) is 7.36. The first-order valence-corrected chi connectivity index (χ1v) is 13.0. The zero-order valence-electron chi connectivity index (χ0n) is 17.4. The number of anilines is 1. The van der Waals surface area contributed by atoms with E-state index in [2.05, 4.69) is 27.0 Å². The van der Waals surface area contributed by atoms with Crippen LogP contribution in [0.1, 0.15) is 42.6 Å². The van der Waals surface area contributed by atoms with Crippen molar-refractivity contribution in [2.24, 2.45) is 0 Å². The van der Waals surface area contributed by atoms with E-state index in [0.717, 1.165) is 47.8 Å². The first-order valence-electron chi connectivity index (χ1n) is 10.3. The number of fused-ring (bicyclic) bond motifs is 1. The van der Waals surface area contributed by atoms with Gasteiger partial charge in [0.1, 0.15) is 30.2 Å². The van der Waals surface area contributed by atoms with E-state index in [4.69, 9.17) is 0 Å². The highest BCUT2D eigenvalue weighted by Crippen LogP contribution is 2.52. The highest BCUT2D eigenvalue weighted by molar-refractivity contribution is 7.98. The molecule has 4 rings (SSSR count). The van der Waals surface area contributed by atoms with Crippen LogP contribution in [-0.2, 0) is 10.0 Å². The molecule has 1 N–H and O–H groups in total. The summed E-state index contributed by atoms with van der Waals surface area (Å²) in [6, 6.07) is 6.80. The Kier molecular flexibility index (Phi) is 6.65. The predicted molar refractivity (Wildman–Crippen MR) is 118 cm³/mol. The normalized spacial score (nSPS) is 20.8. The molecule has 1 saturated carbocycles. The molecule has 2 aliphatic rings. The second-order valence-electron chi connectivity index (χ2n) is 7.87. The summed E-state index contributed by atoms with van der Waals surface area (Å²) < 4.78 is 52.3. The molecule has 0 saturated heterocycles. The Morgan fingerprint density at radius 3 is 2.50 bits per heavy atom. The second kappa shape index (κ2) is 9.29. The number of benzene rings is 1. The standard InChI is InChI=1S/C21H23F2N5O2S2/c1-31-15-5-6-17-18(10-24)20(28(19(17)7-15)14-3-2-4-14)21-25-11-16(12-26-21)32(29,30)27-13(8-22)9-23/h5-7,11-14,18,20,27H,2-4,8-9H2,1H3. The molecular weight excluding hydrogens is 456 g/mol. The first kappa shape index (κ1) is 22.9. The zero-order valence-corrected chi connectivity index (χ0v) is 19.0. The van der Waals surface area contributed by atoms with Gasteiger partial charge in [0.05, 0.1) is 24.5 Å². The minimum atomic E-state index is -4.17. The molecule has 170 valence electrons. The lowest BCUT2D eigenvalue weighted by Gasteiger charge is -2.40. The first-order chi connectivity index (χ1) is 15.4. The number of nitriles is 1. The fourth-order valence-electron chi connectivity index (χ4n) is 4.13. The van der Waals surface area contributed by atoms with Crippen LogP contribution in [0.5, 0.6) is 0 Å². The number of nitrogens with one attached hydrogen (secondary N) is 1. The van der Waals surface area contributed by atoms with Gasteiger partial charge >= 0.3 is 0 Å². The molecule has 2 aromatic rings. The number of thioether (sulfide) groups is 1. The summed E-state index contributed by atoms with van der Waals surface area (Å²) in [6.45, 7) is -2.32. The van der Waals surface area contributed by atoms with Gasteiger partial charge in [0.25, 0.3) is 0 Å². The Hall–Kier alpha value is -2.29. The number of sulfonamides is 1. The molecule has 11 heteroatoms. The summed E-state index contributed by atoms with van der Waals surface area (Å²) in [4.78, 5) is 11.6. The smallest absolute Gasteiger partial charge is 0.244 e. The molecule has 0 spiro atoms. The number of rotatable bonds is 8. The lowest BCUT2D eigenvalue weighted by atomic mass is 9.89. The third kappa shape index (κ3) is 4.07. The Morgan fingerprint density at radius 2 is 1.97 bits per heavy atom. The van der Waals surface area contributed by atoms with Gasteiger partial charge in [0.15, 0.2) is 5.82 Å². The number of nitrogens with zero attached hydrogens (tertiary/aromatic N) is 4. The summed E-state index contributed by atoms with van der Waals surface area (Å²) in [5.41, 5.74) is 1.91. The molecule has 2 unspecified atom stereocenters. The summed E-state index contributed by atoms with van der Waals surface area (Å²) in [5.74, 6) is -0.152. The fourth-order valence-corrected chi connectivity index (χ4v) is 5.65. The number of hydrogen-bond donors (Lipinski definition) is 1. The van der Waals surface area contributed by atoms with Gasteiger partial charge in [-0.15, -0.1) is 11.8 Å². The van der Waals surface area contributed by atoms with Gasteiger partial charge in [-0.2, -0.15) is 5.26 Å². The van der Waals surface area contributed by atoms with Crippen molar-refractivity contribution in [3.63, 3.8) is 0 Å². The Balaban J connectivity index is 1.69. The van der Waals surface area contributed by atoms with E-state index in [1.54, 1.807) is 11.8 Å². The van der Waals surface area contributed by atoms with Crippen LogP contribution in [0.3, 0.4) is 0 Å². The fraction of sp³-hybridized carbons (Fsp3) is 0.476. The zero-order chi connectivity index (χ0) is 22.9. The molecule has 2 heterocycles. The van der Waals surface area contributed by atoms with Crippen molar-refractivity contribution >= 4 is 27.5 Å². The molecule has 0 bridgehead atoms. The topological polar surface area (TPSA) is 99.0 Å². The van der Waals surface area contributed by atoms with Crippen LogP contribution in [0, 0.1) is 11.3 Å². The van der Waals surface area contributed by atoms with Crippen LogP contribution >= 0.6 is 11.8 Å². The van der Waals surface area contributed by atoms with Gasteiger partial charge in [0, 0.05) is 16.6 Å². The van der Waals surface area contributed by atoms with Crippen molar-refractivity contribution in [1.82, 2.24) is 14.7 Å². The third-order valence-electron chi connectivity index (χ3n) is 5.99. The van der Waals surface area contributed by atoms with Crippen molar-refractivity contribution in [2.45, 2.75) is 53.1 Å². The number of aromatic nitrogens is 2. The van der Waals surface area contributed by atoms with E-state index in [0.29, 0.717) is 5.82 Å². The Bertz CT molecular complexity index is 1120. The monoisotopic (exact) mass is 479 g/mol. The highest BCUT2D eigenvalue weighted by Gasteiger charge is 2.45. The second-order valence-corrected chi connectivity index (χ2v) is 10.5. The lowest BCUT2D eigenvalue weighted by Crippen LogP contribution is -2.42. The van der Waals surface area contributed by atoms with Crippen LogP contribution in [0.2, 0.25) is 0 Å². The maximum atomic E-state index is 12.8. The highest BCUT2D eigenvalue weighted by atomic mass is 32.2. The van der Waals surface area contributed by atoms with E-state index in [1.165, 1.54) is 0 Å². The van der Waals surface area contributed by atoms with E-state index in [9.17, 15) is 22.5 Å². The Morgan fingerprint density at radius 1 is 1.28 bits per heavy atom. The van der Waals surface area contributed by atoms with Gasteiger partial charge in [-0.25, -0.2) is 31.9 Å². The van der Waals surface area contributed by atoms with Gasteiger partial charge < -0.3 is 4.90 Å². The SMILES string of the molecule is CSc1ccc2c(c1)N(C1CCC1)C(c1ncc(S(=O)(=O)NC(CF)CF)cn1)C2C#N. The molecule has 1 aliphatic carbocycles. The largest absolute Gasteiger partial charge is 0.356 e. The van der Waals surface area contributed by atoms with Crippen molar-refractivity contribution in [2.75, 3.05) is 24.5 Å². The van der Waals surface area contributed by atoms with Gasteiger partial charge in [-0.05, 0) is 43.2 Å². The molecule has 2 atom stereocenters. The number of hydrogen-bond acceptors (Lipinski definition) is 7. The van der Waals surface area contributed by atoms with Crippen molar-refractivity contribution < 1.29 is 17.2 Å². The molecule has 1 fully saturated rings. The average Bonchev–Trinajstić information content (AvgIpc) is 3.09. The molecule has 0 amide bonds. The Labute approximate surface area is 190 Å². The van der Waals surface area contributed by atoms with E-state index in [-0.39, 0.29) is 10.9 Å². The van der Waals surface area contributed by atoms with Gasteiger partial charge in [0.2, 0.25) is 10.0 Å². The average molecular weight is 480 g/mol. The molecule has 1 aromatic heterocycles. The van der Waals surface area contributed by atoms with E-state index in [1.807, 2.05) is 23.1 Å². The number of alkyl halides is 2. The molecule has 7 nitrogen and oxygen atoms in total. The minimum absolute atomic E-state index is 0.262. The molecule has 0 radical (unpaired) electrons. The molecule has 32 heavy (non-hydrogen) atoms. The molecule has 1 aliphatic heterocycles. The molecule has 1 aromatic carbocycles. The van der Waals surface area contributed by atoms with Crippen LogP contribution in [-0.4, -0.2) is 50.1 Å². The third-order valence-corrected chi connectivity index (χ3v) is 8.19. The lowest BCUT2D eigenvalue weighted by molar-refractivity contribution is 0.334. The van der Waals surface area contributed by atoms with Crippen LogP contribution < -0.4 is 9.62 Å². The van der Waals surface area contributed by atoms with Crippen LogP contribution in [0.25, 0.3) is 0 Å². The quantitative estimate of drug-likeness (QED) is 0.579. The van der Waals surface area contributed by atoms with Gasteiger partial charge in [-0.1, -0.05) is 6.07 Å². The number of halogens is 2.